The van der Waals surface area contributed by atoms with Crippen molar-refractivity contribution in [2.75, 3.05) is 30.1 Å². The summed E-state index contributed by atoms with van der Waals surface area (Å²) in [6, 6.07) is 15.4. The van der Waals surface area contributed by atoms with Gasteiger partial charge in [0.25, 0.3) is 5.91 Å². The highest BCUT2D eigenvalue weighted by atomic mass is 35.5. The lowest BCUT2D eigenvalue weighted by molar-refractivity contribution is -0.274. The van der Waals surface area contributed by atoms with Crippen LogP contribution in [0.25, 0.3) is 0 Å². The summed E-state index contributed by atoms with van der Waals surface area (Å²) in [4.78, 5) is 25.1. The smallest absolute Gasteiger partial charge is 0.497 e. The number of anilines is 2. The van der Waals surface area contributed by atoms with Crippen molar-refractivity contribution < 1.29 is 37.3 Å². The Morgan fingerprint density at radius 1 is 1.10 bits per heavy atom. The molecule has 1 heterocycles. The van der Waals surface area contributed by atoms with E-state index in [1.54, 1.807) is 80.5 Å². The summed E-state index contributed by atoms with van der Waals surface area (Å²) < 4.78 is 50.8. The molecule has 0 aromatic heterocycles. The molecular weight excluding hydrogens is 681 g/mol. The van der Waals surface area contributed by atoms with E-state index in [0.29, 0.717) is 58.4 Å². The third-order valence-corrected chi connectivity index (χ3v) is 8.00. The molecule has 0 radical (unpaired) electrons. The molecule has 5 rings (SSSR count). The number of rotatable bonds is 10. The van der Waals surface area contributed by atoms with Crippen LogP contribution in [0.1, 0.15) is 69.7 Å². The number of benzene rings is 3. The van der Waals surface area contributed by atoms with Crippen molar-refractivity contribution in [1.29, 1.82) is 5.41 Å². The molecule has 266 valence electrons. The minimum atomic E-state index is -4.84. The molecule has 1 aliphatic heterocycles. The number of methoxy groups -OCH3 is 1. The molecule has 2 amide bonds. The number of nitrogens with one attached hydrogen (secondary N) is 3. The maximum Gasteiger partial charge on any atom is 0.573 e. The minimum absolute atomic E-state index is 0.258. The lowest BCUT2D eigenvalue weighted by Crippen LogP contribution is -2.38. The van der Waals surface area contributed by atoms with Gasteiger partial charge in [0, 0.05) is 52.3 Å². The second-order valence-electron chi connectivity index (χ2n) is 12.5. The second kappa shape index (κ2) is 16.6. The number of aliphatic hydroxyl groups is 1. The van der Waals surface area contributed by atoms with Gasteiger partial charge in [-0.2, -0.15) is 0 Å². The summed E-state index contributed by atoms with van der Waals surface area (Å²) in [5.74, 6) is -0.183. The maximum atomic E-state index is 14.2. The van der Waals surface area contributed by atoms with Crippen molar-refractivity contribution in [3.63, 3.8) is 0 Å². The Morgan fingerprint density at radius 3 is 2.22 bits per heavy atom. The van der Waals surface area contributed by atoms with Crippen LogP contribution in [0, 0.1) is 5.41 Å². The third-order valence-electron chi connectivity index (χ3n) is 7.42. The van der Waals surface area contributed by atoms with Crippen LogP contribution in [0.15, 0.2) is 60.7 Å². The average Bonchev–Trinajstić information content (AvgIpc) is 3.74. The fraction of sp³-hybridized carbons (Fsp3) is 0.400. The summed E-state index contributed by atoms with van der Waals surface area (Å²) in [6.07, 6.45) is -0.204. The minimum Gasteiger partial charge on any atom is -0.497 e. The highest BCUT2D eigenvalue weighted by Crippen LogP contribution is 2.57. The summed E-state index contributed by atoms with van der Waals surface area (Å²) in [5, 5.41) is 20.6. The number of amides is 2. The number of ether oxygens (including phenoxy) is 2. The van der Waals surface area contributed by atoms with Crippen LogP contribution in [-0.4, -0.2) is 55.0 Å². The molecule has 3 aromatic carbocycles. The molecule has 1 atom stereocenters. The quantitative estimate of drug-likeness (QED) is 0.0949. The zero-order valence-corrected chi connectivity index (χ0v) is 29.8. The van der Waals surface area contributed by atoms with E-state index in [-0.39, 0.29) is 17.1 Å². The molecule has 14 heteroatoms. The zero-order valence-electron chi connectivity index (χ0n) is 28.2. The van der Waals surface area contributed by atoms with Gasteiger partial charge in [-0.05, 0) is 81.5 Å². The molecule has 1 aliphatic carbocycles. The van der Waals surface area contributed by atoms with E-state index in [4.69, 9.17) is 26.9 Å². The summed E-state index contributed by atoms with van der Waals surface area (Å²) in [6.45, 7) is 7.48. The number of carbonyl (C=O) groups excluding carboxylic acids is 2. The molecule has 4 N–H and O–H groups in total. The van der Waals surface area contributed by atoms with Gasteiger partial charge in [0.05, 0.1) is 18.4 Å². The maximum absolute atomic E-state index is 14.2. The largest absolute Gasteiger partial charge is 0.573 e. The average molecular weight is 723 g/mol. The topological polar surface area (TPSA) is 124 Å². The fourth-order valence-corrected chi connectivity index (χ4v) is 5.34. The number of carbonyl (C=O) groups is 2. The van der Waals surface area contributed by atoms with Crippen molar-refractivity contribution in [3.8, 4) is 11.5 Å². The summed E-state index contributed by atoms with van der Waals surface area (Å²) in [5.41, 5.74) is 2.75. The molecule has 1 fully saturated rings. The van der Waals surface area contributed by atoms with Crippen molar-refractivity contribution in [3.05, 3.63) is 82.4 Å². The lowest BCUT2D eigenvalue weighted by Gasteiger charge is -2.27. The summed E-state index contributed by atoms with van der Waals surface area (Å²) in [7, 11) is 1.52. The van der Waals surface area contributed by atoms with Gasteiger partial charge >= 0.3 is 6.36 Å². The molecule has 3 aromatic rings. The Morgan fingerprint density at radius 2 is 1.73 bits per heavy atom. The van der Waals surface area contributed by atoms with Crippen LogP contribution in [0.5, 0.6) is 11.5 Å². The molecule has 1 saturated carbocycles. The van der Waals surface area contributed by atoms with E-state index < -0.39 is 18.0 Å². The molecule has 2 aliphatic rings. The molecule has 1 unspecified atom stereocenters. The van der Waals surface area contributed by atoms with E-state index in [1.165, 1.54) is 31.2 Å². The third kappa shape index (κ3) is 11.6. The monoisotopic (exact) mass is 722 g/mol. The van der Waals surface area contributed by atoms with Crippen LogP contribution >= 0.6 is 23.5 Å². The van der Waals surface area contributed by atoms with Crippen molar-refractivity contribution in [2.45, 2.75) is 70.4 Å². The van der Waals surface area contributed by atoms with Crippen molar-refractivity contribution >= 4 is 53.0 Å². The first-order chi connectivity index (χ1) is 22.9. The van der Waals surface area contributed by atoms with E-state index >= 15 is 0 Å². The second-order valence-corrected chi connectivity index (χ2v) is 13.5. The fourth-order valence-electron chi connectivity index (χ4n) is 5.12. The normalized spacial score (nSPS) is 14.6. The first kappa shape index (κ1) is 39.5. The van der Waals surface area contributed by atoms with E-state index in [9.17, 15) is 22.8 Å². The molecule has 0 saturated heterocycles. The van der Waals surface area contributed by atoms with Gasteiger partial charge in [0.2, 0.25) is 6.41 Å². The first-order valence-electron chi connectivity index (χ1n) is 15.4. The predicted octanol–water partition coefficient (Wildman–Crippen LogP) is 8.04. The highest BCUT2D eigenvalue weighted by Gasteiger charge is 2.54. The SMILES string of the molecule is CC(C)(C)O.CCC(=N)c1cc(NC(C(=O)N2CC3(CC3)c3ccc(OC(F)(F)F)cc32)c2ccc(Cl)cc2)cc(OC)c1.CSNC=O. The Bertz CT molecular complexity index is 1610. The van der Waals surface area contributed by atoms with Crippen LogP contribution in [0.2, 0.25) is 5.02 Å². The highest BCUT2D eigenvalue weighted by molar-refractivity contribution is 7.97. The van der Waals surface area contributed by atoms with E-state index in [1.807, 2.05) is 6.92 Å². The van der Waals surface area contributed by atoms with Gasteiger partial charge in [0.15, 0.2) is 0 Å². The lowest BCUT2D eigenvalue weighted by atomic mass is 9.99. The van der Waals surface area contributed by atoms with E-state index in [2.05, 4.69) is 14.8 Å². The predicted molar refractivity (Wildman–Crippen MR) is 189 cm³/mol. The molecule has 1 spiro atoms. The van der Waals surface area contributed by atoms with Gasteiger partial charge in [-0.25, -0.2) is 0 Å². The number of fused-ring (bicyclic) bond motifs is 2. The number of nitrogens with zero attached hydrogens (tertiary/aromatic N) is 1. The molecular formula is C35H42ClF3N4O5S. The van der Waals surface area contributed by atoms with Gasteiger partial charge in [-0.1, -0.05) is 48.7 Å². The number of halogens is 4. The Balaban J connectivity index is 0.000000571. The van der Waals surface area contributed by atoms with Gasteiger partial charge < -0.3 is 34.9 Å². The summed E-state index contributed by atoms with van der Waals surface area (Å²) >= 11 is 7.40. The standard InChI is InChI=1S/C29H27ClF3N3O3.C4H10O.C2H5NOS/c1-3-24(34)18-12-20(14-22(13-18)38-2)35-26(17-4-6-19(30)7-5-17)27(37)36-16-28(10-11-28)23-9-8-21(15-25(23)36)39-29(31,32)33;1-4(2,3)5;1-5-3-2-4/h4-9,12-15,26,34-35H,3,10-11,16H2,1-2H3;5H,1-3H3;2H,1H3,(H,3,4). The Hall–Kier alpha value is -3.94. The Kier molecular flexibility index (Phi) is 13.4. The molecule has 9 nitrogen and oxygen atoms in total. The zero-order chi connectivity index (χ0) is 36.6. The van der Waals surface area contributed by atoms with Crippen molar-refractivity contribution in [1.82, 2.24) is 4.72 Å². The number of hydrogen-bond donors (Lipinski definition) is 4. The number of hydrogen-bond acceptors (Lipinski definition) is 8. The van der Waals surface area contributed by atoms with Gasteiger partial charge in [0.1, 0.15) is 17.5 Å². The van der Waals surface area contributed by atoms with Gasteiger partial charge in [-0.15, -0.1) is 13.2 Å². The van der Waals surface area contributed by atoms with Crippen LogP contribution in [0.4, 0.5) is 24.5 Å². The van der Waals surface area contributed by atoms with Crippen LogP contribution in [0.3, 0.4) is 0 Å². The first-order valence-corrected chi connectivity index (χ1v) is 17.0. The van der Waals surface area contributed by atoms with E-state index in [0.717, 1.165) is 18.4 Å². The van der Waals surface area contributed by atoms with Crippen LogP contribution in [-0.2, 0) is 15.0 Å². The van der Waals surface area contributed by atoms with Gasteiger partial charge in [-0.3, -0.25) is 9.59 Å². The Labute approximate surface area is 294 Å². The molecule has 0 bridgehead atoms. The van der Waals surface area contributed by atoms with Crippen LogP contribution < -0.4 is 24.4 Å². The number of alkyl halides is 3. The van der Waals surface area contributed by atoms with Crippen molar-refractivity contribution in [2.24, 2.45) is 0 Å². The molecule has 49 heavy (non-hydrogen) atoms.